The zero-order valence-corrected chi connectivity index (χ0v) is 9.75. The summed E-state index contributed by atoms with van der Waals surface area (Å²) in [6.07, 6.45) is 0. The molecule has 0 saturated carbocycles. The van der Waals surface area contributed by atoms with Crippen LogP contribution in [-0.2, 0) is 4.79 Å². The summed E-state index contributed by atoms with van der Waals surface area (Å²) in [6.45, 7) is 1.92. The first-order valence-electron chi connectivity index (χ1n) is 4.74. The first-order chi connectivity index (χ1) is 7.18. The Balaban J connectivity index is 2.31. The van der Waals surface area contributed by atoms with E-state index in [0.29, 0.717) is 18.8 Å². The second kappa shape index (κ2) is 4.20. The van der Waals surface area contributed by atoms with E-state index in [1.54, 1.807) is 11.0 Å². The number of nitrogens with zero attached hydrogens (tertiary/aromatic N) is 1. The summed E-state index contributed by atoms with van der Waals surface area (Å²) in [6, 6.07) is 5.47. The number of benzene rings is 1. The van der Waals surface area contributed by atoms with Crippen molar-refractivity contribution in [2.24, 2.45) is 0 Å². The minimum atomic E-state index is 0.0896. The molecule has 1 saturated heterocycles. The minimum Gasteiger partial charge on any atom is -0.399 e. The van der Waals surface area contributed by atoms with Gasteiger partial charge in [0.15, 0.2) is 0 Å². The molecule has 1 aromatic carbocycles. The second-order valence-corrected chi connectivity index (χ2v) is 4.29. The number of rotatable bonds is 1. The predicted molar refractivity (Wildman–Crippen MR) is 63.8 cm³/mol. The normalized spacial score (nSPS) is 16.9. The Kier molecular flexibility index (Phi) is 2.93. The fourth-order valence-corrected chi connectivity index (χ4v) is 2.21. The Morgan fingerprint density at radius 2 is 2.27 bits per heavy atom. The Morgan fingerprint density at radius 3 is 2.93 bits per heavy atom. The SMILES string of the molecule is Nc1ccc(N2CCNCC2=O)c(Br)c1. The van der Waals surface area contributed by atoms with Gasteiger partial charge in [0.25, 0.3) is 0 Å². The van der Waals surface area contributed by atoms with E-state index in [-0.39, 0.29) is 5.91 Å². The number of carbonyl (C=O) groups excluding carboxylic acids is 1. The van der Waals surface area contributed by atoms with Crippen LogP contribution in [0, 0.1) is 0 Å². The largest absolute Gasteiger partial charge is 0.399 e. The van der Waals surface area contributed by atoms with Gasteiger partial charge in [-0.25, -0.2) is 0 Å². The molecular weight excluding hydrogens is 258 g/mol. The third kappa shape index (κ3) is 2.13. The van der Waals surface area contributed by atoms with E-state index in [1.165, 1.54) is 0 Å². The van der Waals surface area contributed by atoms with Crippen LogP contribution < -0.4 is 16.0 Å². The lowest BCUT2D eigenvalue weighted by Gasteiger charge is -2.28. The molecule has 0 spiro atoms. The lowest BCUT2D eigenvalue weighted by Crippen LogP contribution is -2.48. The van der Waals surface area contributed by atoms with Gasteiger partial charge >= 0.3 is 0 Å². The number of amides is 1. The molecule has 3 N–H and O–H groups in total. The van der Waals surface area contributed by atoms with Crippen molar-refractivity contribution < 1.29 is 4.79 Å². The van der Waals surface area contributed by atoms with Crippen LogP contribution in [0.25, 0.3) is 0 Å². The molecule has 15 heavy (non-hydrogen) atoms. The number of anilines is 2. The van der Waals surface area contributed by atoms with E-state index >= 15 is 0 Å². The van der Waals surface area contributed by atoms with Gasteiger partial charge in [-0.2, -0.15) is 0 Å². The minimum absolute atomic E-state index is 0.0896. The van der Waals surface area contributed by atoms with Gasteiger partial charge in [-0.15, -0.1) is 0 Å². The number of hydrogen-bond acceptors (Lipinski definition) is 3. The number of nitrogens with two attached hydrogens (primary N) is 1. The molecule has 4 nitrogen and oxygen atoms in total. The third-order valence-electron chi connectivity index (χ3n) is 2.35. The van der Waals surface area contributed by atoms with Gasteiger partial charge in [-0.1, -0.05) is 0 Å². The fraction of sp³-hybridized carbons (Fsp3) is 0.300. The van der Waals surface area contributed by atoms with Crippen LogP contribution in [0.1, 0.15) is 0 Å². The highest BCUT2D eigenvalue weighted by molar-refractivity contribution is 9.10. The summed E-state index contributed by atoms with van der Waals surface area (Å²) >= 11 is 3.42. The average Bonchev–Trinajstić information content (AvgIpc) is 2.20. The molecule has 0 unspecified atom stereocenters. The molecule has 5 heteroatoms. The number of piperazine rings is 1. The Morgan fingerprint density at radius 1 is 1.47 bits per heavy atom. The lowest BCUT2D eigenvalue weighted by atomic mass is 10.2. The smallest absolute Gasteiger partial charge is 0.241 e. The standard InChI is InChI=1S/C10H12BrN3O/c11-8-5-7(12)1-2-9(8)14-4-3-13-6-10(14)15/h1-2,5,13H,3-4,6,12H2. The molecule has 80 valence electrons. The Hall–Kier alpha value is -1.07. The van der Waals surface area contributed by atoms with E-state index in [2.05, 4.69) is 21.2 Å². The molecule has 1 aliphatic heterocycles. The maximum atomic E-state index is 11.6. The number of nitrogen functional groups attached to an aromatic ring is 1. The molecule has 1 aliphatic rings. The van der Waals surface area contributed by atoms with Crippen LogP contribution in [0.3, 0.4) is 0 Å². The summed E-state index contributed by atoms with van der Waals surface area (Å²) in [4.78, 5) is 13.4. The molecule has 0 bridgehead atoms. The Bertz CT molecular complexity index is 394. The van der Waals surface area contributed by atoms with Gasteiger partial charge in [0.2, 0.25) is 5.91 Å². The first kappa shape index (κ1) is 10.4. The summed E-state index contributed by atoms with van der Waals surface area (Å²) in [5.41, 5.74) is 7.22. The second-order valence-electron chi connectivity index (χ2n) is 3.43. The molecule has 1 aromatic rings. The van der Waals surface area contributed by atoms with Crippen LogP contribution >= 0.6 is 15.9 Å². The third-order valence-corrected chi connectivity index (χ3v) is 2.99. The van der Waals surface area contributed by atoms with Crippen LogP contribution in [0.4, 0.5) is 11.4 Å². The maximum absolute atomic E-state index is 11.6. The van der Waals surface area contributed by atoms with Gasteiger partial charge in [0, 0.05) is 23.2 Å². The van der Waals surface area contributed by atoms with Gasteiger partial charge in [0.1, 0.15) is 0 Å². The highest BCUT2D eigenvalue weighted by Crippen LogP contribution is 2.28. The monoisotopic (exact) mass is 269 g/mol. The highest BCUT2D eigenvalue weighted by atomic mass is 79.9. The molecule has 2 rings (SSSR count). The zero-order chi connectivity index (χ0) is 10.8. The van der Waals surface area contributed by atoms with Gasteiger partial charge in [-0.3, -0.25) is 4.79 Å². The van der Waals surface area contributed by atoms with Gasteiger partial charge in [0.05, 0.1) is 12.2 Å². The summed E-state index contributed by atoms with van der Waals surface area (Å²) in [7, 11) is 0. The van der Waals surface area contributed by atoms with Crippen molar-refractivity contribution in [2.45, 2.75) is 0 Å². The highest BCUT2D eigenvalue weighted by Gasteiger charge is 2.20. The quantitative estimate of drug-likeness (QED) is 0.747. The average molecular weight is 270 g/mol. The van der Waals surface area contributed by atoms with Crippen LogP contribution in [-0.4, -0.2) is 25.5 Å². The van der Waals surface area contributed by atoms with E-state index in [0.717, 1.165) is 16.7 Å². The zero-order valence-electron chi connectivity index (χ0n) is 8.16. The lowest BCUT2D eigenvalue weighted by molar-refractivity contribution is -0.118. The van der Waals surface area contributed by atoms with E-state index in [4.69, 9.17) is 5.73 Å². The number of nitrogens with one attached hydrogen (secondary N) is 1. The summed E-state index contributed by atoms with van der Waals surface area (Å²) in [5.74, 6) is 0.0896. The van der Waals surface area contributed by atoms with Crippen molar-refractivity contribution in [3.63, 3.8) is 0 Å². The molecule has 0 aliphatic carbocycles. The molecular formula is C10H12BrN3O. The van der Waals surface area contributed by atoms with Crippen LogP contribution in [0.15, 0.2) is 22.7 Å². The molecule has 1 amide bonds. The van der Waals surface area contributed by atoms with Crippen LogP contribution in [0.2, 0.25) is 0 Å². The topological polar surface area (TPSA) is 58.4 Å². The number of hydrogen-bond donors (Lipinski definition) is 2. The number of carbonyl (C=O) groups is 1. The van der Waals surface area contributed by atoms with E-state index < -0.39 is 0 Å². The molecule has 0 aromatic heterocycles. The van der Waals surface area contributed by atoms with Crippen molar-refractivity contribution in [3.05, 3.63) is 22.7 Å². The summed E-state index contributed by atoms with van der Waals surface area (Å²) < 4.78 is 0.859. The molecule has 1 heterocycles. The van der Waals surface area contributed by atoms with Crippen molar-refractivity contribution in [1.29, 1.82) is 0 Å². The summed E-state index contributed by atoms with van der Waals surface area (Å²) in [5, 5.41) is 3.03. The van der Waals surface area contributed by atoms with Crippen LogP contribution in [0.5, 0.6) is 0 Å². The van der Waals surface area contributed by atoms with Crippen molar-refractivity contribution in [3.8, 4) is 0 Å². The number of halogens is 1. The first-order valence-corrected chi connectivity index (χ1v) is 5.54. The van der Waals surface area contributed by atoms with Gasteiger partial charge in [-0.05, 0) is 34.1 Å². The van der Waals surface area contributed by atoms with Crippen molar-refractivity contribution >= 4 is 33.2 Å². The Labute approximate surface area is 96.6 Å². The fourth-order valence-electron chi connectivity index (χ4n) is 1.60. The maximum Gasteiger partial charge on any atom is 0.241 e. The molecule has 0 radical (unpaired) electrons. The predicted octanol–water partition coefficient (Wildman–Crippen LogP) is 0.967. The van der Waals surface area contributed by atoms with E-state index in [1.807, 2.05) is 12.1 Å². The van der Waals surface area contributed by atoms with Gasteiger partial charge < -0.3 is 16.0 Å². The van der Waals surface area contributed by atoms with Crippen molar-refractivity contribution in [1.82, 2.24) is 5.32 Å². The molecule has 0 atom stereocenters. The van der Waals surface area contributed by atoms with E-state index in [9.17, 15) is 4.79 Å². The molecule has 1 fully saturated rings. The van der Waals surface area contributed by atoms with Crippen molar-refractivity contribution in [2.75, 3.05) is 30.3 Å².